The highest BCUT2D eigenvalue weighted by Gasteiger charge is 2.59. The van der Waals surface area contributed by atoms with Crippen LogP contribution < -0.4 is 4.84 Å². The largest absolute Gasteiger partial charge is 0.393 e. The molecule has 4 aliphatic rings. The quantitative estimate of drug-likeness (QED) is 0.458. The van der Waals surface area contributed by atoms with Crippen molar-refractivity contribution in [1.82, 2.24) is 0 Å². The highest BCUT2D eigenvalue weighted by Crippen LogP contribution is 2.66. The molecule has 32 heavy (non-hydrogen) atoms. The zero-order valence-electron chi connectivity index (χ0n) is 19.5. The van der Waals surface area contributed by atoms with E-state index in [0.717, 1.165) is 43.2 Å². The van der Waals surface area contributed by atoms with Gasteiger partial charge in [-0.25, -0.2) is 0 Å². The van der Waals surface area contributed by atoms with Crippen LogP contribution in [0.2, 0.25) is 0 Å². The zero-order chi connectivity index (χ0) is 22.7. The number of hydrogen-bond donors (Lipinski definition) is 1. The number of hydrogen-bond acceptors (Lipinski definition) is 5. The zero-order valence-corrected chi connectivity index (χ0v) is 19.5. The Morgan fingerprint density at radius 3 is 2.62 bits per heavy atom. The summed E-state index contributed by atoms with van der Waals surface area (Å²) in [6.07, 6.45) is 10.2. The number of aryl methyl sites for hydroxylation is 1. The molecule has 1 aromatic rings. The van der Waals surface area contributed by atoms with Crippen molar-refractivity contribution in [1.29, 1.82) is 0 Å². The number of aliphatic hydroxyl groups excluding tert-OH is 1. The van der Waals surface area contributed by atoms with Crippen LogP contribution in [0, 0.1) is 51.5 Å². The molecule has 1 aromatic carbocycles. The minimum atomic E-state index is -0.372. The lowest BCUT2D eigenvalue weighted by molar-refractivity contribution is -0.385. The molecule has 1 N–H and O–H groups in total. The van der Waals surface area contributed by atoms with Crippen molar-refractivity contribution in [3.05, 3.63) is 33.9 Å². The summed E-state index contributed by atoms with van der Waals surface area (Å²) in [5.41, 5.74) is 2.32. The Morgan fingerprint density at radius 2 is 1.88 bits per heavy atom. The Kier molecular flexibility index (Phi) is 5.35. The van der Waals surface area contributed by atoms with Crippen LogP contribution in [0.15, 0.2) is 23.4 Å². The predicted octanol–water partition coefficient (Wildman–Crippen LogP) is 6.04. The molecular weight excluding hydrogens is 404 g/mol. The molecule has 0 radical (unpaired) electrons. The van der Waals surface area contributed by atoms with E-state index in [1.807, 2.05) is 0 Å². The summed E-state index contributed by atoms with van der Waals surface area (Å²) in [5.74, 6) is 3.44. The van der Waals surface area contributed by atoms with Crippen molar-refractivity contribution in [2.24, 2.45) is 39.7 Å². The third kappa shape index (κ3) is 3.37. The monoisotopic (exact) mass is 440 g/mol. The number of oxime groups is 1. The Morgan fingerprint density at radius 1 is 1.09 bits per heavy atom. The standard InChI is InChI=1S/C26H36N2O4/c1-16-14-19(5-8-23(16)28(30)31)32-27-18-10-12-25(2)17(15-18)4-6-20-21-7-9-24(29)26(21,3)13-11-22(20)25/h5,8,14,17,20-22,24,29H,4,6-7,9-13,15H2,1-3H3/b27-18+/t17-,20-,21-,22-,24-,25-,26-/m0/s1. The van der Waals surface area contributed by atoms with Crippen LogP contribution in [0.1, 0.15) is 77.2 Å². The number of nitrogens with zero attached hydrogens (tertiary/aromatic N) is 2. The van der Waals surface area contributed by atoms with Gasteiger partial charge in [0.2, 0.25) is 0 Å². The van der Waals surface area contributed by atoms with Crippen molar-refractivity contribution in [2.45, 2.75) is 84.7 Å². The minimum Gasteiger partial charge on any atom is -0.393 e. The van der Waals surface area contributed by atoms with Gasteiger partial charge in [-0.15, -0.1) is 0 Å². The van der Waals surface area contributed by atoms with E-state index >= 15 is 0 Å². The van der Waals surface area contributed by atoms with Gasteiger partial charge in [-0.3, -0.25) is 10.1 Å². The van der Waals surface area contributed by atoms with Gasteiger partial charge in [0.1, 0.15) is 0 Å². The molecule has 0 bridgehead atoms. The molecule has 4 saturated carbocycles. The lowest BCUT2D eigenvalue weighted by Crippen LogP contribution is -2.54. The first-order valence-corrected chi connectivity index (χ1v) is 12.4. The molecule has 0 aliphatic heterocycles. The van der Waals surface area contributed by atoms with Gasteiger partial charge in [-0.2, -0.15) is 0 Å². The van der Waals surface area contributed by atoms with Crippen LogP contribution in [0.4, 0.5) is 5.69 Å². The van der Waals surface area contributed by atoms with Crippen LogP contribution in [-0.4, -0.2) is 21.8 Å². The highest BCUT2D eigenvalue weighted by molar-refractivity contribution is 5.85. The van der Waals surface area contributed by atoms with Crippen LogP contribution in [0.25, 0.3) is 0 Å². The summed E-state index contributed by atoms with van der Waals surface area (Å²) in [6, 6.07) is 4.80. The van der Waals surface area contributed by atoms with Crippen molar-refractivity contribution in [3.8, 4) is 5.75 Å². The normalized spacial score (nSPS) is 42.1. The summed E-state index contributed by atoms with van der Waals surface area (Å²) in [5, 5.41) is 26.2. The van der Waals surface area contributed by atoms with E-state index in [-0.39, 0.29) is 22.1 Å². The molecule has 6 nitrogen and oxygen atoms in total. The van der Waals surface area contributed by atoms with E-state index in [9.17, 15) is 15.2 Å². The van der Waals surface area contributed by atoms with Crippen molar-refractivity contribution in [2.75, 3.05) is 0 Å². The third-order valence-corrected chi connectivity index (χ3v) is 10.1. The molecule has 0 unspecified atom stereocenters. The van der Waals surface area contributed by atoms with Gasteiger partial charge in [0.25, 0.3) is 5.69 Å². The minimum absolute atomic E-state index is 0.105. The molecule has 0 heterocycles. The second-order valence-corrected chi connectivity index (χ2v) is 11.5. The molecule has 0 spiro atoms. The molecule has 0 amide bonds. The maximum atomic E-state index is 11.0. The SMILES string of the molecule is Cc1cc(O/N=C2\CC[C@@]3(C)[C@@H](CC[C@@H]4[C@@H]3CC[C@]3(C)[C@@H](O)CC[C@@H]43)C2)ccc1[N+](=O)[O-]. The molecule has 174 valence electrons. The molecule has 0 saturated heterocycles. The lowest BCUT2D eigenvalue weighted by atomic mass is 9.45. The summed E-state index contributed by atoms with van der Waals surface area (Å²) < 4.78 is 0. The van der Waals surface area contributed by atoms with E-state index in [0.29, 0.717) is 28.6 Å². The van der Waals surface area contributed by atoms with Gasteiger partial charge in [0.05, 0.1) is 16.7 Å². The number of rotatable bonds is 3. The van der Waals surface area contributed by atoms with Crippen molar-refractivity contribution < 1.29 is 14.9 Å². The fourth-order valence-electron chi connectivity index (χ4n) is 8.12. The lowest BCUT2D eigenvalue weighted by Gasteiger charge is -2.60. The predicted molar refractivity (Wildman–Crippen MR) is 124 cm³/mol. The number of nitro groups is 1. The average Bonchev–Trinajstić information content (AvgIpc) is 3.06. The van der Waals surface area contributed by atoms with Crippen LogP contribution >= 0.6 is 0 Å². The molecule has 6 heteroatoms. The van der Waals surface area contributed by atoms with Crippen LogP contribution in [0.3, 0.4) is 0 Å². The van der Waals surface area contributed by atoms with E-state index < -0.39 is 0 Å². The maximum absolute atomic E-state index is 11.0. The summed E-state index contributed by atoms with van der Waals surface area (Å²) in [7, 11) is 0. The number of fused-ring (bicyclic) bond motifs is 5. The fraction of sp³-hybridized carbons (Fsp3) is 0.731. The Balaban J connectivity index is 1.28. The number of nitro benzene ring substituents is 1. The van der Waals surface area contributed by atoms with E-state index in [1.165, 1.54) is 38.2 Å². The fourth-order valence-corrected chi connectivity index (χ4v) is 8.12. The summed E-state index contributed by atoms with van der Waals surface area (Å²) in [4.78, 5) is 16.4. The highest BCUT2D eigenvalue weighted by atomic mass is 16.6. The first kappa shape index (κ1) is 21.9. The van der Waals surface area contributed by atoms with Gasteiger partial charge in [-0.05, 0) is 111 Å². The second kappa shape index (κ2) is 7.82. The Bertz CT molecular complexity index is 946. The average molecular weight is 441 g/mol. The summed E-state index contributed by atoms with van der Waals surface area (Å²) >= 11 is 0. The van der Waals surface area contributed by atoms with Gasteiger partial charge >= 0.3 is 0 Å². The van der Waals surface area contributed by atoms with Gasteiger partial charge in [0, 0.05) is 11.6 Å². The van der Waals surface area contributed by atoms with Gasteiger partial charge in [-0.1, -0.05) is 19.0 Å². The van der Waals surface area contributed by atoms with Crippen LogP contribution in [-0.2, 0) is 0 Å². The molecule has 5 rings (SSSR count). The summed E-state index contributed by atoms with van der Waals surface area (Å²) in [6.45, 7) is 6.60. The number of benzene rings is 1. The first-order valence-electron chi connectivity index (χ1n) is 12.4. The number of aliphatic hydroxyl groups is 1. The Hall–Kier alpha value is -1.95. The molecule has 0 aromatic heterocycles. The van der Waals surface area contributed by atoms with Gasteiger partial charge < -0.3 is 9.94 Å². The van der Waals surface area contributed by atoms with Crippen molar-refractivity contribution >= 4 is 11.4 Å². The first-order chi connectivity index (χ1) is 15.2. The van der Waals surface area contributed by atoms with Gasteiger partial charge in [0.15, 0.2) is 5.75 Å². The maximum Gasteiger partial charge on any atom is 0.272 e. The molecule has 7 atom stereocenters. The van der Waals surface area contributed by atoms with E-state index in [4.69, 9.17) is 4.84 Å². The van der Waals surface area contributed by atoms with E-state index in [1.54, 1.807) is 19.1 Å². The molecule has 4 fully saturated rings. The smallest absolute Gasteiger partial charge is 0.272 e. The Labute approximate surface area is 190 Å². The van der Waals surface area contributed by atoms with Crippen molar-refractivity contribution in [3.63, 3.8) is 0 Å². The second-order valence-electron chi connectivity index (χ2n) is 11.5. The third-order valence-electron chi connectivity index (χ3n) is 10.1. The van der Waals surface area contributed by atoms with E-state index in [2.05, 4.69) is 19.0 Å². The van der Waals surface area contributed by atoms with Crippen LogP contribution in [0.5, 0.6) is 5.75 Å². The topological polar surface area (TPSA) is 85.0 Å². The molecular formula is C26H36N2O4. The molecule has 4 aliphatic carbocycles.